The van der Waals surface area contributed by atoms with Crippen LogP contribution < -0.4 is 15.5 Å². The highest BCUT2D eigenvalue weighted by molar-refractivity contribution is 5.98. The van der Waals surface area contributed by atoms with Crippen LogP contribution in [0.25, 0.3) is 22.3 Å². The molecule has 4 rings (SSSR count). The number of aryl methyl sites for hydroxylation is 1. The number of ketones is 1. The number of ether oxygens (including phenoxy) is 1. The molecular formula is C28H25NO5. The standard InChI is InChI=1S/C28H25NO5/c1-4-23(28(32)29-21-9-7-8-20(16-21)18(3)30)33-27-25(31)22-10-5-6-11-24(22)34-26(27)19-14-12-17(2)13-15-19/h5-16,23H,4H2,1-3H3,(H,29,32). The third-order valence-corrected chi connectivity index (χ3v) is 5.53. The average Bonchev–Trinajstić information content (AvgIpc) is 2.84. The van der Waals surface area contributed by atoms with E-state index < -0.39 is 12.0 Å². The molecular weight excluding hydrogens is 430 g/mol. The first-order valence-corrected chi connectivity index (χ1v) is 11.1. The molecule has 0 fully saturated rings. The Morgan fingerprint density at radius 2 is 1.74 bits per heavy atom. The first kappa shape index (κ1) is 23.0. The van der Waals surface area contributed by atoms with E-state index in [-0.39, 0.29) is 22.7 Å². The van der Waals surface area contributed by atoms with Gasteiger partial charge in [0.1, 0.15) is 5.58 Å². The van der Waals surface area contributed by atoms with Crippen molar-refractivity contribution in [3.63, 3.8) is 0 Å². The second kappa shape index (κ2) is 9.75. The van der Waals surface area contributed by atoms with Crippen molar-refractivity contribution in [3.8, 4) is 17.1 Å². The molecule has 0 saturated heterocycles. The first-order valence-electron chi connectivity index (χ1n) is 11.1. The zero-order valence-corrected chi connectivity index (χ0v) is 19.3. The van der Waals surface area contributed by atoms with Crippen LogP contribution in [-0.4, -0.2) is 17.8 Å². The Bertz CT molecular complexity index is 1420. The van der Waals surface area contributed by atoms with E-state index in [9.17, 15) is 14.4 Å². The number of carbonyl (C=O) groups is 2. The second-order valence-corrected chi connectivity index (χ2v) is 8.09. The Hall–Kier alpha value is -4.19. The van der Waals surface area contributed by atoms with E-state index in [0.717, 1.165) is 5.56 Å². The first-order chi connectivity index (χ1) is 16.4. The van der Waals surface area contributed by atoms with E-state index in [1.807, 2.05) is 31.2 Å². The Morgan fingerprint density at radius 3 is 2.44 bits per heavy atom. The minimum absolute atomic E-state index is 0.0120. The topological polar surface area (TPSA) is 85.6 Å². The van der Waals surface area contributed by atoms with Gasteiger partial charge in [0.25, 0.3) is 5.91 Å². The molecule has 1 N–H and O–H groups in total. The number of carbonyl (C=O) groups excluding carboxylic acids is 2. The number of para-hydroxylation sites is 1. The summed E-state index contributed by atoms with van der Waals surface area (Å²) in [6, 6.07) is 21.2. The predicted octanol–water partition coefficient (Wildman–Crippen LogP) is 5.77. The quantitative estimate of drug-likeness (QED) is 0.358. The molecule has 4 aromatic rings. The van der Waals surface area contributed by atoms with Gasteiger partial charge in [-0.2, -0.15) is 0 Å². The van der Waals surface area contributed by atoms with Crippen molar-refractivity contribution in [1.82, 2.24) is 0 Å². The number of hydrogen-bond acceptors (Lipinski definition) is 5. The zero-order valence-electron chi connectivity index (χ0n) is 19.3. The average molecular weight is 456 g/mol. The van der Waals surface area contributed by atoms with Gasteiger partial charge in [-0.3, -0.25) is 14.4 Å². The molecule has 1 aromatic heterocycles. The van der Waals surface area contributed by atoms with Gasteiger partial charge in [0.05, 0.1) is 5.39 Å². The molecule has 0 aliphatic carbocycles. The summed E-state index contributed by atoms with van der Waals surface area (Å²) in [5.74, 6) is -0.267. The largest absolute Gasteiger partial charge is 0.473 e. The Labute approximate surface area is 197 Å². The normalized spacial score (nSPS) is 11.7. The van der Waals surface area contributed by atoms with Crippen LogP contribution in [0.15, 0.2) is 82.0 Å². The van der Waals surface area contributed by atoms with Crippen molar-refractivity contribution in [2.75, 3.05) is 5.32 Å². The van der Waals surface area contributed by atoms with E-state index in [1.165, 1.54) is 6.92 Å². The summed E-state index contributed by atoms with van der Waals surface area (Å²) in [6.07, 6.45) is -0.632. The zero-order chi connectivity index (χ0) is 24.2. The molecule has 1 amide bonds. The lowest BCUT2D eigenvalue weighted by molar-refractivity contribution is -0.122. The third kappa shape index (κ3) is 4.76. The molecule has 0 spiro atoms. The summed E-state index contributed by atoms with van der Waals surface area (Å²) in [7, 11) is 0. The molecule has 34 heavy (non-hydrogen) atoms. The second-order valence-electron chi connectivity index (χ2n) is 8.09. The highest BCUT2D eigenvalue weighted by Crippen LogP contribution is 2.32. The van der Waals surface area contributed by atoms with Gasteiger partial charge in [0.15, 0.2) is 17.6 Å². The Kier molecular flexibility index (Phi) is 6.59. The monoisotopic (exact) mass is 455 g/mol. The number of nitrogens with one attached hydrogen (secondary N) is 1. The minimum atomic E-state index is -0.950. The summed E-state index contributed by atoms with van der Waals surface area (Å²) in [5, 5.41) is 3.16. The van der Waals surface area contributed by atoms with Gasteiger partial charge in [0, 0.05) is 16.8 Å². The number of amides is 1. The Morgan fingerprint density at radius 1 is 1.00 bits per heavy atom. The van der Waals surface area contributed by atoms with Crippen LogP contribution in [0.5, 0.6) is 5.75 Å². The highest BCUT2D eigenvalue weighted by Gasteiger charge is 2.25. The van der Waals surface area contributed by atoms with E-state index in [2.05, 4.69) is 5.32 Å². The summed E-state index contributed by atoms with van der Waals surface area (Å²) >= 11 is 0. The summed E-state index contributed by atoms with van der Waals surface area (Å²) in [5.41, 5.74) is 2.80. The molecule has 1 unspecified atom stereocenters. The summed E-state index contributed by atoms with van der Waals surface area (Å²) < 4.78 is 12.1. The van der Waals surface area contributed by atoms with Gasteiger partial charge in [-0.25, -0.2) is 0 Å². The molecule has 0 aliphatic heterocycles. The van der Waals surface area contributed by atoms with Gasteiger partial charge in [-0.05, 0) is 44.5 Å². The van der Waals surface area contributed by atoms with Gasteiger partial charge in [-0.1, -0.05) is 61.0 Å². The van der Waals surface area contributed by atoms with E-state index in [4.69, 9.17) is 9.15 Å². The maximum atomic E-state index is 13.4. The van der Waals surface area contributed by atoms with Crippen molar-refractivity contribution < 1.29 is 18.7 Å². The number of Topliss-reactive ketones (excluding diaryl/α,β-unsaturated/α-hetero) is 1. The number of rotatable bonds is 7. The molecule has 0 aliphatic rings. The summed E-state index contributed by atoms with van der Waals surface area (Å²) in [4.78, 5) is 38.1. The van der Waals surface area contributed by atoms with Gasteiger partial charge >= 0.3 is 0 Å². The van der Waals surface area contributed by atoms with Crippen molar-refractivity contribution in [3.05, 3.63) is 94.1 Å². The number of hydrogen-bond donors (Lipinski definition) is 1. The van der Waals surface area contributed by atoms with Crippen LogP contribution in [0.2, 0.25) is 0 Å². The number of anilines is 1. The number of benzene rings is 3. The molecule has 6 nitrogen and oxygen atoms in total. The fourth-order valence-corrected chi connectivity index (χ4v) is 3.63. The van der Waals surface area contributed by atoms with Gasteiger partial charge in [0.2, 0.25) is 11.2 Å². The maximum absolute atomic E-state index is 13.4. The fourth-order valence-electron chi connectivity index (χ4n) is 3.63. The van der Waals surface area contributed by atoms with Crippen molar-refractivity contribution in [2.24, 2.45) is 0 Å². The van der Waals surface area contributed by atoms with Crippen molar-refractivity contribution in [2.45, 2.75) is 33.3 Å². The highest BCUT2D eigenvalue weighted by atomic mass is 16.5. The van der Waals surface area contributed by atoms with Crippen LogP contribution in [-0.2, 0) is 4.79 Å². The van der Waals surface area contributed by atoms with Gasteiger partial charge < -0.3 is 14.5 Å². The van der Waals surface area contributed by atoms with E-state index in [1.54, 1.807) is 55.5 Å². The predicted molar refractivity (Wildman–Crippen MR) is 132 cm³/mol. The molecule has 0 bridgehead atoms. The lowest BCUT2D eigenvalue weighted by atomic mass is 10.1. The minimum Gasteiger partial charge on any atom is -0.473 e. The van der Waals surface area contributed by atoms with E-state index >= 15 is 0 Å². The fraction of sp³-hybridized carbons (Fsp3) is 0.179. The van der Waals surface area contributed by atoms with Crippen LogP contribution in [0.1, 0.15) is 36.2 Å². The third-order valence-electron chi connectivity index (χ3n) is 5.53. The Balaban J connectivity index is 1.72. The molecule has 1 heterocycles. The molecule has 0 radical (unpaired) electrons. The molecule has 3 aromatic carbocycles. The summed E-state index contributed by atoms with van der Waals surface area (Å²) in [6.45, 7) is 5.23. The molecule has 0 saturated carbocycles. The van der Waals surface area contributed by atoms with Crippen LogP contribution >= 0.6 is 0 Å². The smallest absolute Gasteiger partial charge is 0.265 e. The molecule has 1 atom stereocenters. The van der Waals surface area contributed by atoms with Crippen LogP contribution in [0.4, 0.5) is 5.69 Å². The number of fused-ring (bicyclic) bond motifs is 1. The van der Waals surface area contributed by atoms with Crippen molar-refractivity contribution >= 4 is 28.3 Å². The van der Waals surface area contributed by atoms with Crippen LogP contribution in [0.3, 0.4) is 0 Å². The van der Waals surface area contributed by atoms with Gasteiger partial charge in [-0.15, -0.1) is 0 Å². The molecule has 172 valence electrons. The van der Waals surface area contributed by atoms with Crippen LogP contribution in [0, 0.1) is 6.92 Å². The maximum Gasteiger partial charge on any atom is 0.265 e. The lowest BCUT2D eigenvalue weighted by Crippen LogP contribution is -2.34. The lowest BCUT2D eigenvalue weighted by Gasteiger charge is -2.19. The van der Waals surface area contributed by atoms with E-state index in [0.29, 0.717) is 34.2 Å². The van der Waals surface area contributed by atoms with Crippen molar-refractivity contribution in [1.29, 1.82) is 0 Å². The SMILES string of the molecule is CCC(Oc1c(-c2ccc(C)cc2)oc2ccccc2c1=O)C(=O)Nc1cccc(C(C)=O)c1. The molecule has 6 heteroatoms.